The average Bonchev–Trinajstić information content (AvgIpc) is 2.84. The number of hydrogen-bond donors (Lipinski definition) is 2. The van der Waals surface area contributed by atoms with Crippen molar-refractivity contribution >= 4 is 29.4 Å². The van der Waals surface area contributed by atoms with E-state index in [4.69, 9.17) is 9.84 Å². The Hall–Kier alpha value is -3.88. The average molecular weight is 484 g/mol. The van der Waals surface area contributed by atoms with E-state index in [9.17, 15) is 19.2 Å². The summed E-state index contributed by atoms with van der Waals surface area (Å²) in [6.07, 6.45) is 0.363. The van der Waals surface area contributed by atoms with Crippen molar-refractivity contribution in [1.82, 2.24) is 9.80 Å². The van der Waals surface area contributed by atoms with Gasteiger partial charge in [-0.25, -0.2) is 0 Å². The molecule has 0 aliphatic heterocycles. The molecule has 2 rings (SSSR count). The fourth-order valence-corrected chi connectivity index (χ4v) is 3.26. The number of nitrogens with zero attached hydrogens (tertiary/aromatic N) is 2. The van der Waals surface area contributed by atoms with E-state index in [0.717, 1.165) is 0 Å². The van der Waals surface area contributed by atoms with Crippen molar-refractivity contribution in [1.29, 1.82) is 0 Å². The van der Waals surface area contributed by atoms with Crippen LogP contribution in [-0.4, -0.2) is 71.9 Å². The van der Waals surface area contributed by atoms with E-state index >= 15 is 0 Å². The summed E-state index contributed by atoms with van der Waals surface area (Å²) in [5.74, 6) is -1.47. The lowest BCUT2D eigenvalue weighted by atomic mass is 10.1. The lowest BCUT2D eigenvalue weighted by Gasteiger charge is -2.28. The molecule has 0 aromatic heterocycles. The number of methoxy groups -OCH3 is 1. The van der Waals surface area contributed by atoms with Gasteiger partial charge in [-0.3, -0.25) is 19.2 Å². The minimum Gasteiger partial charge on any atom is -0.497 e. The van der Waals surface area contributed by atoms with Gasteiger partial charge in [-0.05, 0) is 48.7 Å². The third-order valence-corrected chi connectivity index (χ3v) is 5.27. The van der Waals surface area contributed by atoms with E-state index in [1.54, 1.807) is 48.5 Å². The molecule has 0 atom stereocenters. The Bertz CT molecular complexity index is 992. The molecule has 0 aliphatic carbocycles. The molecule has 0 heterocycles. The summed E-state index contributed by atoms with van der Waals surface area (Å²) < 4.78 is 5.11. The lowest BCUT2D eigenvalue weighted by molar-refractivity contribution is -0.138. The molecule has 2 aromatic carbocycles. The standard InChI is InChI=1S/C26H33N3O6/c1-19(2)13-15-28(17-23(30)27-21-7-5-4-6-8-21)24(31)18-29(16-14-25(32)33)26(34)20-9-11-22(35-3)12-10-20/h4-12,19H,13-18H2,1-3H3,(H,27,30)(H,32,33). The van der Waals surface area contributed by atoms with E-state index in [-0.39, 0.29) is 32.0 Å². The number of anilines is 1. The van der Waals surface area contributed by atoms with Crippen molar-refractivity contribution in [2.45, 2.75) is 26.7 Å². The molecule has 0 unspecified atom stereocenters. The van der Waals surface area contributed by atoms with Gasteiger partial charge in [-0.1, -0.05) is 32.0 Å². The van der Waals surface area contributed by atoms with Crippen molar-refractivity contribution in [3.63, 3.8) is 0 Å². The molecular weight excluding hydrogens is 450 g/mol. The SMILES string of the molecule is COc1ccc(C(=O)N(CCC(=O)O)CC(=O)N(CCC(C)C)CC(=O)Nc2ccccc2)cc1. The molecule has 188 valence electrons. The summed E-state index contributed by atoms with van der Waals surface area (Å²) in [5.41, 5.74) is 0.922. The van der Waals surface area contributed by atoms with E-state index in [2.05, 4.69) is 5.32 Å². The van der Waals surface area contributed by atoms with Gasteiger partial charge in [0.2, 0.25) is 11.8 Å². The Kier molecular flexibility index (Phi) is 10.7. The van der Waals surface area contributed by atoms with Crippen LogP contribution in [0.25, 0.3) is 0 Å². The summed E-state index contributed by atoms with van der Waals surface area (Å²) in [5, 5.41) is 11.9. The molecule has 0 aliphatic rings. The molecule has 0 bridgehead atoms. The fourth-order valence-electron chi connectivity index (χ4n) is 3.26. The number of carboxylic acid groups (broad SMARTS) is 1. The van der Waals surface area contributed by atoms with Crippen LogP contribution in [-0.2, 0) is 14.4 Å². The van der Waals surface area contributed by atoms with Gasteiger partial charge < -0.3 is 25.0 Å². The highest BCUT2D eigenvalue weighted by Gasteiger charge is 2.24. The summed E-state index contributed by atoms with van der Waals surface area (Å²) in [7, 11) is 1.51. The van der Waals surface area contributed by atoms with Crippen LogP contribution in [0.3, 0.4) is 0 Å². The first-order chi connectivity index (χ1) is 16.7. The molecule has 9 nitrogen and oxygen atoms in total. The number of amides is 3. The summed E-state index contributed by atoms with van der Waals surface area (Å²) >= 11 is 0. The summed E-state index contributed by atoms with van der Waals surface area (Å²) in [6.45, 7) is 3.71. The van der Waals surface area contributed by atoms with Crippen LogP contribution < -0.4 is 10.1 Å². The number of benzene rings is 2. The number of hydrogen-bond acceptors (Lipinski definition) is 5. The van der Waals surface area contributed by atoms with Crippen molar-refractivity contribution in [2.24, 2.45) is 5.92 Å². The van der Waals surface area contributed by atoms with E-state index < -0.39 is 17.8 Å². The predicted octanol–water partition coefficient (Wildman–Crippen LogP) is 3.13. The Morgan fingerprint density at radius 2 is 1.57 bits per heavy atom. The molecule has 2 aromatic rings. The largest absolute Gasteiger partial charge is 0.497 e. The van der Waals surface area contributed by atoms with Crippen molar-refractivity contribution in [2.75, 3.05) is 38.6 Å². The van der Waals surface area contributed by atoms with Crippen LogP contribution in [0.15, 0.2) is 54.6 Å². The normalized spacial score (nSPS) is 10.5. The second-order valence-electron chi connectivity index (χ2n) is 8.51. The number of carbonyl (C=O) groups excluding carboxylic acids is 3. The highest BCUT2D eigenvalue weighted by Crippen LogP contribution is 2.14. The maximum absolute atomic E-state index is 13.2. The number of carboxylic acids is 1. The minimum atomic E-state index is -1.08. The number of carbonyl (C=O) groups is 4. The zero-order valence-electron chi connectivity index (χ0n) is 20.4. The Morgan fingerprint density at radius 3 is 2.14 bits per heavy atom. The van der Waals surface area contributed by atoms with E-state index in [0.29, 0.717) is 35.9 Å². The molecule has 0 spiro atoms. The van der Waals surface area contributed by atoms with Gasteiger partial charge in [0.1, 0.15) is 12.3 Å². The first-order valence-corrected chi connectivity index (χ1v) is 11.5. The molecule has 2 N–H and O–H groups in total. The molecular formula is C26H33N3O6. The number of aliphatic carboxylic acids is 1. The number of rotatable bonds is 13. The zero-order chi connectivity index (χ0) is 25.8. The van der Waals surface area contributed by atoms with Gasteiger partial charge in [0, 0.05) is 24.3 Å². The van der Waals surface area contributed by atoms with Crippen LogP contribution in [0.5, 0.6) is 5.75 Å². The Morgan fingerprint density at radius 1 is 0.914 bits per heavy atom. The molecule has 9 heteroatoms. The Labute approximate surface area is 205 Å². The maximum atomic E-state index is 13.2. The fraction of sp³-hybridized carbons (Fsp3) is 0.385. The van der Waals surface area contributed by atoms with E-state index in [1.807, 2.05) is 19.9 Å². The van der Waals surface area contributed by atoms with Crippen molar-refractivity contribution in [3.05, 3.63) is 60.2 Å². The third kappa shape index (κ3) is 9.48. The lowest BCUT2D eigenvalue weighted by Crippen LogP contribution is -2.46. The van der Waals surface area contributed by atoms with Crippen LogP contribution >= 0.6 is 0 Å². The highest BCUT2D eigenvalue weighted by atomic mass is 16.5. The Balaban J connectivity index is 2.16. The number of para-hydroxylation sites is 1. The van der Waals surface area contributed by atoms with Crippen LogP contribution in [0, 0.1) is 5.92 Å². The molecule has 3 amide bonds. The van der Waals surface area contributed by atoms with Crippen molar-refractivity contribution in [3.8, 4) is 5.75 Å². The number of ether oxygens (including phenoxy) is 1. The summed E-state index contributed by atoms with van der Waals surface area (Å²) in [4.78, 5) is 52.7. The van der Waals surface area contributed by atoms with Gasteiger partial charge in [0.25, 0.3) is 5.91 Å². The monoisotopic (exact) mass is 483 g/mol. The minimum absolute atomic E-state index is 0.139. The molecule has 0 saturated carbocycles. The van der Waals surface area contributed by atoms with Crippen LogP contribution in [0.4, 0.5) is 5.69 Å². The summed E-state index contributed by atoms with van der Waals surface area (Å²) in [6, 6.07) is 15.3. The van der Waals surface area contributed by atoms with Gasteiger partial charge in [-0.15, -0.1) is 0 Å². The van der Waals surface area contributed by atoms with Crippen molar-refractivity contribution < 1.29 is 29.0 Å². The number of nitrogens with one attached hydrogen (secondary N) is 1. The van der Waals surface area contributed by atoms with Crippen LogP contribution in [0.2, 0.25) is 0 Å². The molecule has 0 saturated heterocycles. The zero-order valence-corrected chi connectivity index (χ0v) is 20.4. The van der Waals surface area contributed by atoms with Gasteiger partial charge in [0.15, 0.2) is 0 Å². The molecule has 0 fully saturated rings. The van der Waals surface area contributed by atoms with Gasteiger partial charge in [-0.2, -0.15) is 0 Å². The highest BCUT2D eigenvalue weighted by molar-refractivity contribution is 5.98. The first kappa shape index (κ1) is 27.4. The quantitative estimate of drug-likeness (QED) is 0.452. The van der Waals surface area contributed by atoms with E-state index in [1.165, 1.54) is 16.9 Å². The van der Waals surface area contributed by atoms with Gasteiger partial charge >= 0.3 is 5.97 Å². The molecule has 35 heavy (non-hydrogen) atoms. The third-order valence-electron chi connectivity index (χ3n) is 5.27. The smallest absolute Gasteiger partial charge is 0.305 e. The predicted molar refractivity (Wildman–Crippen MR) is 132 cm³/mol. The topological polar surface area (TPSA) is 116 Å². The maximum Gasteiger partial charge on any atom is 0.305 e. The van der Waals surface area contributed by atoms with Gasteiger partial charge in [0.05, 0.1) is 20.1 Å². The second kappa shape index (κ2) is 13.7. The van der Waals surface area contributed by atoms with Crippen LogP contribution in [0.1, 0.15) is 37.0 Å². The second-order valence-corrected chi connectivity index (χ2v) is 8.51. The first-order valence-electron chi connectivity index (χ1n) is 11.5. The molecule has 0 radical (unpaired) electrons.